The fourth-order valence-electron chi connectivity index (χ4n) is 1.20. The van der Waals surface area contributed by atoms with E-state index in [2.05, 4.69) is 4.74 Å². The number of carbonyl (C=O) groups excluding carboxylic acids is 2. The molecule has 1 aromatic rings. The Balaban J connectivity index is 2.33. The third-order valence-corrected chi connectivity index (χ3v) is 2.17. The lowest BCUT2D eigenvalue weighted by atomic mass is 10.1. The molecule has 0 aliphatic carbocycles. The molecule has 0 amide bonds. The predicted molar refractivity (Wildman–Crippen MR) is 60.9 cm³/mol. The number of hydrogen-bond acceptors (Lipinski definition) is 5. The van der Waals surface area contributed by atoms with Crippen LogP contribution in [0.25, 0.3) is 0 Å². The van der Waals surface area contributed by atoms with E-state index < -0.39 is 24.6 Å². The van der Waals surface area contributed by atoms with Gasteiger partial charge in [-0.05, 0) is 12.0 Å². The molecule has 17 heavy (non-hydrogen) atoms. The van der Waals surface area contributed by atoms with E-state index >= 15 is 0 Å². The van der Waals surface area contributed by atoms with Gasteiger partial charge in [0, 0.05) is 0 Å². The fourth-order valence-corrected chi connectivity index (χ4v) is 1.20. The number of ether oxygens (including phenoxy) is 1. The monoisotopic (exact) mass is 237 g/mol. The van der Waals surface area contributed by atoms with Crippen molar-refractivity contribution in [2.45, 2.75) is 18.9 Å². The number of carbonyl (C=O) groups is 2. The molecule has 0 heterocycles. The quantitative estimate of drug-likeness (QED) is 0.556. The third-order valence-electron chi connectivity index (χ3n) is 2.17. The Morgan fingerprint density at radius 1 is 1.29 bits per heavy atom. The van der Waals surface area contributed by atoms with Crippen LogP contribution in [-0.2, 0) is 20.7 Å². The smallest absolute Gasteiger partial charge is 0.332 e. The Hall–Kier alpha value is -1.72. The van der Waals surface area contributed by atoms with Gasteiger partial charge in [0.25, 0.3) is 0 Å². The van der Waals surface area contributed by atoms with Gasteiger partial charge in [-0.25, -0.2) is 4.79 Å². The van der Waals surface area contributed by atoms with Crippen LogP contribution in [0.5, 0.6) is 0 Å². The summed E-state index contributed by atoms with van der Waals surface area (Å²) in [6.07, 6.45) is 0.606. The summed E-state index contributed by atoms with van der Waals surface area (Å²) in [5.41, 5.74) is 6.18. The highest BCUT2D eigenvalue weighted by atomic mass is 16.6. The van der Waals surface area contributed by atoms with Gasteiger partial charge in [0.05, 0.1) is 13.0 Å². The summed E-state index contributed by atoms with van der Waals surface area (Å²) >= 11 is 0. The summed E-state index contributed by atoms with van der Waals surface area (Å²) < 4.78 is 4.46. The zero-order valence-electron chi connectivity index (χ0n) is 9.33. The maximum atomic E-state index is 11.3. The minimum Gasteiger partial charge on any atom is -0.394 e. The van der Waals surface area contributed by atoms with E-state index in [9.17, 15) is 9.59 Å². The second-order valence-corrected chi connectivity index (χ2v) is 3.57. The van der Waals surface area contributed by atoms with Gasteiger partial charge < -0.3 is 15.6 Å². The van der Waals surface area contributed by atoms with Crippen LogP contribution in [0.15, 0.2) is 30.3 Å². The van der Waals surface area contributed by atoms with E-state index in [-0.39, 0.29) is 6.42 Å². The molecule has 1 aromatic carbocycles. The molecule has 5 nitrogen and oxygen atoms in total. The van der Waals surface area contributed by atoms with Crippen molar-refractivity contribution >= 4 is 11.9 Å². The molecular weight excluding hydrogens is 222 g/mol. The normalized spacial score (nSPS) is 11.9. The molecule has 5 heteroatoms. The largest absolute Gasteiger partial charge is 0.394 e. The lowest BCUT2D eigenvalue weighted by Gasteiger charge is -2.07. The lowest BCUT2D eigenvalue weighted by molar-refractivity contribution is -0.161. The highest BCUT2D eigenvalue weighted by Gasteiger charge is 2.17. The Morgan fingerprint density at radius 3 is 2.53 bits per heavy atom. The molecule has 1 atom stereocenters. The highest BCUT2D eigenvalue weighted by molar-refractivity contribution is 5.88. The second-order valence-electron chi connectivity index (χ2n) is 3.57. The van der Waals surface area contributed by atoms with E-state index in [1.54, 1.807) is 0 Å². The van der Waals surface area contributed by atoms with Crippen LogP contribution < -0.4 is 5.73 Å². The van der Waals surface area contributed by atoms with Crippen molar-refractivity contribution in [2.75, 3.05) is 6.61 Å². The van der Waals surface area contributed by atoms with Crippen LogP contribution in [0.2, 0.25) is 0 Å². The number of aliphatic hydroxyl groups is 1. The van der Waals surface area contributed by atoms with Crippen molar-refractivity contribution < 1.29 is 19.4 Å². The molecule has 0 saturated heterocycles. The van der Waals surface area contributed by atoms with Crippen molar-refractivity contribution in [3.8, 4) is 0 Å². The predicted octanol–water partition coefficient (Wildman–Crippen LogP) is 0.00860. The number of hydrogen-bond donors (Lipinski definition) is 2. The topological polar surface area (TPSA) is 89.6 Å². The van der Waals surface area contributed by atoms with Crippen molar-refractivity contribution in [1.29, 1.82) is 0 Å². The minimum absolute atomic E-state index is 0.105. The maximum absolute atomic E-state index is 11.3. The van der Waals surface area contributed by atoms with Crippen LogP contribution in [0.3, 0.4) is 0 Å². The van der Waals surface area contributed by atoms with Gasteiger partial charge in [-0.2, -0.15) is 0 Å². The van der Waals surface area contributed by atoms with E-state index in [4.69, 9.17) is 10.8 Å². The zero-order valence-corrected chi connectivity index (χ0v) is 9.33. The Labute approximate surface area is 99.2 Å². The Morgan fingerprint density at radius 2 is 1.94 bits per heavy atom. The first-order valence-electron chi connectivity index (χ1n) is 5.28. The Kier molecular flexibility index (Phi) is 5.32. The van der Waals surface area contributed by atoms with Crippen molar-refractivity contribution in [2.24, 2.45) is 5.73 Å². The molecule has 0 unspecified atom stereocenters. The highest BCUT2D eigenvalue weighted by Crippen LogP contribution is 2.03. The van der Waals surface area contributed by atoms with Gasteiger partial charge in [-0.15, -0.1) is 0 Å². The Bertz CT molecular complexity index is 377. The molecule has 0 bridgehead atoms. The van der Waals surface area contributed by atoms with Gasteiger partial charge in [0.1, 0.15) is 6.04 Å². The van der Waals surface area contributed by atoms with Crippen LogP contribution in [-0.4, -0.2) is 29.7 Å². The summed E-state index contributed by atoms with van der Waals surface area (Å²) in [4.78, 5) is 22.3. The summed E-state index contributed by atoms with van der Waals surface area (Å²) in [5, 5.41) is 8.59. The molecular formula is C12H15NO4. The fraction of sp³-hybridized carbons (Fsp3) is 0.333. The molecule has 0 saturated carbocycles. The number of benzene rings is 1. The van der Waals surface area contributed by atoms with Crippen LogP contribution >= 0.6 is 0 Å². The molecule has 0 aromatic heterocycles. The van der Waals surface area contributed by atoms with Gasteiger partial charge in [0.15, 0.2) is 0 Å². The standard InChI is InChI=1S/C12H15NO4/c13-10(8-14)12(16)17-11(15)7-6-9-4-2-1-3-5-9/h1-5,10,14H,6-8,13H2/t10-/m0/s1. The molecule has 0 radical (unpaired) electrons. The molecule has 3 N–H and O–H groups in total. The van der Waals surface area contributed by atoms with Gasteiger partial charge in [-0.3, -0.25) is 4.79 Å². The van der Waals surface area contributed by atoms with Crippen molar-refractivity contribution in [3.63, 3.8) is 0 Å². The molecule has 0 spiro atoms. The van der Waals surface area contributed by atoms with E-state index in [1.165, 1.54) is 0 Å². The first kappa shape index (κ1) is 13.3. The van der Waals surface area contributed by atoms with Gasteiger partial charge in [-0.1, -0.05) is 30.3 Å². The average molecular weight is 237 g/mol. The number of aliphatic hydroxyl groups excluding tert-OH is 1. The SMILES string of the molecule is N[C@@H](CO)C(=O)OC(=O)CCc1ccccc1. The van der Waals surface area contributed by atoms with Crippen LogP contribution in [0.4, 0.5) is 0 Å². The molecule has 0 fully saturated rings. The van der Waals surface area contributed by atoms with E-state index in [0.29, 0.717) is 6.42 Å². The van der Waals surface area contributed by atoms with Gasteiger partial charge >= 0.3 is 11.9 Å². The summed E-state index contributed by atoms with van der Waals surface area (Å²) in [6.45, 7) is -0.537. The summed E-state index contributed by atoms with van der Waals surface area (Å²) in [6, 6.07) is 8.23. The summed E-state index contributed by atoms with van der Waals surface area (Å²) in [7, 11) is 0. The molecule has 1 rings (SSSR count). The number of esters is 2. The van der Waals surface area contributed by atoms with Crippen molar-refractivity contribution in [1.82, 2.24) is 0 Å². The minimum atomic E-state index is -1.16. The molecule has 0 aliphatic heterocycles. The number of aryl methyl sites for hydroxylation is 1. The van der Waals surface area contributed by atoms with Crippen molar-refractivity contribution in [3.05, 3.63) is 35.9 Å². The first-order chi connectivity index (χ1) is 8.13. The zero-order chi connectivity index (χ0) is 12.7. The number of nitrogens with two attached hydrogens (primary N) is 1. The first-order valence-corrected chi connectivity index (χ1v) is 5.28. The summed E-state index contributed by atoms with van der Waals surface area (Å²) in [5.74, 6) is -1.53. The maximum Gasteiger partial charge on any atom is 0.332 e. The van der Waals surface area contributed by atoms with E-state index in [1.807, 2.05) is 30.3 Å². The number of rotatable bonds is 5. The van der Waals surface area contributed by atoms with Crippen LogP contribution in [0, 0.1) is 0 Å². The van der Waals surface area contributed by atoms with Gasteiger partial charge in [0.2, 0.25) is 0 Å². The molecule has 92 valence electrons. The average Bonchev–Trinajstić information content (AvgIpc) is 2.36. The third kappa shape index (κ3) is 4.76. The molecule has 0 aliphatic rings. The van der Waals surface area contributed by atoms with Crippen LogP contribution in [0.1, 0.15) is 12.0 Å². The lowest BCUT2D eigenvalue weighted by Crippen LogP contribution is -2.36. The second kappa shape index (κ2) is 6.78. The van der Waals surface area contributed by atoms with E-state index in [0.717, 1.165) is 5.56 Å².